The van der Waals surface area contributed by atoms with Crippen LogP contribution in [0.1, 0.15) is 47.8 Å². The van der Waals surface area contributed by atoms with E-state index in [0.29, 0.717) is 18.3 Å². The number of benzene rings is 1. The minimum absolute atomic E-state index is 0. The Kier molecular flexibility index (Phi) is 6.17. The van der Waals surface area contributed by atoms with Gasteiger partial charge in [-0.3, -0.25) is 9.48 Å². The third kappa shape index (κ3) is 4.87. The Balaban J connectivity index is 0.00000210. The molecular formula is C20H26ClFN4O. The zero-order chi connectivity index (χ0) is 18.0. The standard InChI is InChI=1S/C20H25FN4O.ClH/c21-16-5-3-15(4-6-16)12-20(8-9-20)14-23-19(26)18-7-11-25(24-18)17-2-1-10-22-13-17;/h3-7,11,17,22H,1-2,8-10,12-14H2,(H,23,26);1H. The second-order valence-corrected chi connectivity index (χ2v) is 7.67. The van der Waals surface area contributed by atoms with Crippen LogP contribution in [0.3, 0.4) is 0 Å². The van der Waals surface area contributed by atoms with E-state index in [4.69, 9.17) is 0 Å². The number of hydrogen-bond donors (Lipinski definition) is 2. The molecule has 2 aromatic rings. The van der Waals surface area contributed by atoms with Gasteiger partial charge in [0.1, 0.15) is 11.5 Å². The lowest BCUT2D eigenvalue weighted by molar-refractivity contribution is 0.0938. The molecule has 1 saturated heterocycles. The second kappa shape index (κ2) is 8.40. The minimum Gasteiger partial charge on any atom is -0.350 e. The first-order valence-electron chi connectivity index (χ1n) is 9.42. The second-order valence-electron chi connectivity index (χ2n) is 7.67. The topological polar surface area (TPSA) is 59.0 Å². The molecule has 1 aliphatic carbocycles. The monoisotopic (exact) mass is 392 g/mol. The summed E-state index contributed by atoms with van der Waals surface area (Å²) in [5, 5.41) is 10.9. The van der Waals surface area contributed by atoms with Crippen LogP contribution in [-0.2, 0) is 6.42 Å². The van der Waals surface area contributed by atoms with Crippen molar-refractivity contribution in [2.45, 2.75) is 38.1 Å². The highest BCUT2D eigenvalue weighted by atomic mass is 35.5. The first kappa shape index (κ1) is 19.8. The highest BCUT2D eigenvalue weighted by molar-refractivity contribution is 5.92. The first-order chi connectivity index (χ1) is 12.6. The molecule has 2 heterocycles. The number of halogens is 2. The fraction of sp³-hybridized carbons (Fsp3) is 0.500. The Morgan fingerprint density at radius 3 is 2.74 bits per heavy atom. The number of nitrogens with one attached hydrogen (secondary N) is 2. The van der Waals surface area contributed by atoms with Crippen molar-refractivity contribution in [2.75, 3.05) is 19.6 Å². The van der Waals surface area contributed by atoms with Gasteiger partial charge in [-0.05, 0) is 67.8 Å². The highest BCUT2D eigenvalue weighted by Gasteiger charge is 2.42. The molecule has 5 nitrogen and oxygen atoms in total. The van der Waals surface area contributed by atoms with Crippen molar-refractivity contribution in [3.05, 3.63) is 53.6 Å². The van der Waals surface area contributed by atoms with E-state index in [1.54, 1.807) is 6.07 Å². The van der Waals surface area contributed by atoms with E-state index in [2.05, 4.69) is 15.7 Å². The zero-order valence-electron chi connectivity index (χ0n) is 15.3. The van der Waals surface area contributed by atoms with Gasteiger partial charge in [-0.1, -0.05) is 12.1 Å². The van der Waals surface area contributed by atoms with Gasteiger partial charge in [-0.25, -0.2) is 4.39 Å². The summed E-state index contributed by atoms with van der Waals surface area (Å²) in [4.78, 5) is 12.5. The molecule has 1 aromatic carbocycles. The molecule has 1 saturated carbocycles. The summed E-state index contributed by atoms with van der Waals surface area (Å²) in [7, 11) is 0. The Morgan fingerprint density at radius 2 is 2.07 bits per heavy atom. The van der Waals surface area contributed by atoms with Gasteiger partial charge in [0, 0.05) is 19.3 Å². The molecule has 4 rings (SSSR count). The summed E-state index contributed by atoms with van der Waals surface area (Å²) in [5.41, 5.74) is 1.71. The molecule has 1 atom stereocenters. The summed E-state index contributed by atoms with van der Waals surface area (Å²) < 4.78 is 15.0. The molecule has 1 unspecified atom stereocenters. The molecule has 0 bridgehead atoms. The summed E-state index contributed by atoms with van der Waals surface area (Å²) in [6.07, 6.45) is 7.18. The van der Waals surface area contributed by atoms with Gasteiger partial charge in [-0.2, -0.15) is 5.10 Å². The Morgan fingerprint density at radius 1 is 1.30 bits per heavy atom. The molecule has 2 N–H and O–H groups in total. The first-order valence-corrected chi connectivity index (χ1v) is 9.42. The van der Waals surface area contributed by atoms with Crippen LogP contribution in [0.5, 0.6) is 0 Å². The van der Waals surface area contributed by atoms with Crippen LogP contribution < -0.4 is 10.6 Å². The maximum Gasteiger partial charge on any atom is 0.271 e. The molecule has 1 aromatic heterocycles. The van der Waals surface area contributed by atoms with Gasteiger partial charge in [0.05, 0.1) is 6.04 Å². The van der Waals surface area contributed by atoms with E-state index in [1.165, 1.54) is 12.1 Å². The molecule has 2 fully saturated rings. The number of carbonyl (C=O) groups excluding carboxylic acids is 1. The van der Waals surface area contributed by atoms with Crippen molar-refractivity contribution in [3.63, 3.8) is 0 Å². The van der Waals surface area contributed by atoms with Gasteiger partial charge in [0.25, 0.3) is 5.91 Å². The number of piperidine rings is 1. The van der Waals surface area contributed by atoms with Crippen LogP contribution in [0.4, 0.5) is 4.39 Å². The Labute approximate surface area is 165 Å². The maximum absolute atomic E-state index is 13.0. The van der Waals surface area contributed by atoms with Crippen LogP contribution in [0.25, 0.3) is 0 Å². The van der Waals surface area contributed by atoms with E-state index in [9.17, 15) is 9.18 Å². The predicted molar refractivity (Wildman–Crippen MR) is 105 cm³/mol. The van der Waals surface area contributed by atoms with Crippen molar-refractivity contribution in [2.24, 2.45) is 5.41 Å². The molecule has 0 radical (unpaired) electrons. The van der Waals surface area contributed by atoms with E-state index in [1.807, 2.05) is 23.0 Å². The van der Waals surface area contributed by atoms with Gasteiger partial charge >= 0.3 is 0 Å². The number of hydrogen-bond acceptors (Lipinski definition) is 3. The average Bonchev–Trinajstić information content (AvgIpc) is 3.25. The highest BCUT2D eigenvalue weighted by Crippen LogP contribution is 2.47. The number of rotatable bonds is 6. The van der Waals surface area contributed by atoms with Crippen LogP contribution in [0.2, 0.25) is 0 Å². The lowest BCUT2D eigenvalue weighted by atomic mass is 9.96. The van der Waals surface area contributed by atoms with E-state index in [0.717, 1.165) is 50.8 Å². The lowest BCUT2D eigenvalue weighted by Gasteiger charge is -2.22. The quantitative estimate of drug-likeness (QED) is 0.794. The summed E-state index contributed by atoms with van der Waals surface area (Å²) in [6, 6.07) is 8.78. The molecule has 2 aliphatic rings. The third-order valence-corrected chi connectivity index (χ3v) is 5.56. The van der Waals surface area contributed by atoms with Crippen molar-refractivity contribution in [3.8, 4) is 0 Å². The van der Waals surface area contributed by atoms with Gasteiger partial charge in [-0.15, -0.1) is 12.4 Å². The van der Waals surface area contributed by atoms with Crippen LogP contribution in [0.15, 0.2) is 36.5 Å². The molecule has 146 valence electrons. The van der Waals surface area contributed by atoms with Crippen LogP contribution in [0, 0.1) is 11.2 Å². The van der Waals surface area contributed by atoms with Crippen molar-refractivity contribution >= 4 is 18.3 Å². The number of carbonyl (C=O) groups is 1. The van der Waals surface area contributed by atoms with Crippen molar-refractivity contribution in [1.29, 1.82) is 0 Å². The molecule has 7 heteroatoms. The van der Waals surface area contributed by atoms with Crippen molar-refractivity contribution < 1.29 is 9.18 Å². The Bertz CT molecular complexity index is 767. The normalized spacial score (nSPS) is 20.6. The third-order valence-electron chi connectivity index (χ3n) is 5.56. The van der Waals surface area contributed by atoms with Gasteiger partial charge in [0.2, 0.25) is 0 Å². The fourth-order valence-corrected chi connectivity index (χ4v) is 3.71. The number of amides is 1. The Hall–Kier alpha value is -1.92. The summed E-state index contributed by atoms with van der Waals surface area (Å²) in [5.74, 6) is -0.325. The summed E-state index contributed by atoms with van der Waals surface area (Å²) >= 11 is 0. The van der Waals surface area contributed by atoms with Gasteiger partial charge < -0.3 is 10.6 Å². The van der Waals surface area contributed by atoms with E-state index >= 15 is 0 Å². The maximum atomic E-state index is 13.0. The van der Waals surface area contributed by atoms with Crippen LogP contribution >= 0.6 is 12.4 Å². The molecule has 27 heavy (non-hydrogen) atoms. The number of nitrogens with zero attached hydrogens (tertiary/aromatic N) is 2. The lowest BCUT2D eigenvalue weighted by Crippen LogP contribution is -2.33. The van der Waals surface area contributed by atoms with Gasteiger partial charge in [0.15, 0.2) is 0 Å². The molecule has 0 spiro atoms. The molecule has 1 aliphatic heterocycles. The average molecular weight is 393 g/mol. The van der Waals surface area contributed by atoms with E-state index in [-0.39, 0.29) is 29.5 Å². The number of aromatic nitrogens is 2. The fourth-order valence-electron chi connectivity index (χ4n) is 3.71. The zero-order valence-corrected chi connectivity index (χ0v) is 16.1. The van der Waals surface area contributed by atoms with Crippen LogP contribution in [-0.4, -0.2) is 35.3 Å². The van der Waals surface area contributed by atoms with Crippen molar-refractivity contribution in [1.82, 2.24) is 20.4 Å². The largest absolute Gasteiger partial charge is 0.350 e. The smallest absolute Gasteiger partial charge is 0.271 e. The molecular weight excluding hydrogens is 367 g/mol. The SMILES string of the molecule is Cl.O=C(NCC1(Cc2ccc(F)cc2)CC1)c1ccn(C2CCCNC2)n1. The summed E-state index contributed by atoms with van der Waals surface area (Å²) in [6.45, 7) is 2.60. The predicted octanol–water partition coefficient (Wildman–Crippen LogP) is 3.12. The molecule has 1 amide bonds. The minimum atomic E-state index is -0.212. The van der Waals surface area contributed by atoms with E-state index < -0.39 is 0 Å².